The van der Waals surface area contributed by atoms with Gasteiger partial charge in [-0.05, 0) is 99.6 Å². The summed E-state index contributed by atoms with van der Waals surface area (Å²) < 4.78 is 17.9. The van der Waals surface area contributed by atoms with Gasteiger partial charge in [0, 0.05) is 18.1 Å². The van der Waals surface area contributed by atoms with Crippen LogP contribution < -0.4 is 14.2 Å². The van der Waals surface area contributed by atoms with Gasteiger partial charge in [-0.2, -0.15) is 0 Å². The summed E-state index contributed by atoms with van der Waals surface area (Å²) in [5.74, 6) is 4.40. The first-order valence-corrected chi connectivity index (χ1v) is 16.3. The highest BCUT2D eigenvalue weighted by Gasteiger charge is 2.35. The van der Waals surface area contributed by atoms with Gasteiger partial charge in [-0.1, -0.05) is 72.6 Å². The van der Waals surface area contributed by atoms with Crippen LogP contribution in [-0.4, -0.2) is 16.7 Å². The lowest BCUT2D eigenvalue weighted by molar-refractivity contribution is -0.131. The van der Waals surface area contributed by atoms with Crippen molar-refractivity contribution in [1.29, 1.82) is 0 Å². The summed E-state index contributed by atoms with van der Waals surface area (Å²) in [6, 6.07) is 6.95. The molecule has 5 nitrogen and oxygen atoms in total. The number of carbonyl (C=O) groups excluding carboxylic acids is 1. The molecule has 42 heavy (non-hydrogen) atoms. The van der Waals surface area contributed by atoms with E-state index in [-0.39, 0.29) is 23.9 Å². The first-order chi connectivity index (χ1) is 19.9. The Morgan fingerprint density at radius 2 is 1.48 bits per heavy atom. The number of phenolic OH excluding ortho intramolecular Hbond substituents is 1. The fourth-order valence-electron chi connectivity index (χ4n) is 6.23. The molecule has 3 rings (SSSR count). The molecule has 1 heterocycles. The molecule has 2 aromatic carbocycles. The van der Waals surface area contributed by atoms with E-state index in [4.69, 9.17) is 14.2 Å². The third kappa shape index (κ3) is 9.95. The van der Waals surface area contributed by atoms with Gasteiger partial charge in [-0.25, -0.2) is 0 Å². The van der Waals surface area contributed by atoms with Crippen molar-refractivity contribution < 1.29 is 24.1 Å². The molecular formula is C37H56O5. The van der Waals surface area contributed by atoms with Gasteiger partial charge in [0.2, 0.25) is 0 Å². The molecule has 0 amide bonds. The molecule has 0 saturated heterocycles. The van der Waals surface area contributed by atoms with Crippen molar-refractivity contribution in [1.82, 2.24) is 0 Å². The Labute approximate surface area is 255 Å². The minimum Gasteiger partial charge on any atom is -0.507 e. The third-order valence-corrected chi connectivity index (χ3v) is 9.18. The van der Waals surface area contributed by atoms with Crippen LogP contribution in [0.1, 0.15) is 128 Å². The van der Waals surface area contributed by atoms with E-state index in [1.54, 1.807) is 24.3 Å². The summed E-state index contributed by atoms with van der Waals surface area (Å²) in [6.45, 7) is 17.4. The summed E-state index contributed by atoms with van der Waals surface area (Å²) in [5.41, 5.74) is 3.51. The van der Waals surface area contributed by atoms with Crippen LogP contribution >= 0.6 is 0 Å². The van der Waals surface area contributed by atoms with Crippen LogP contribution in [0.25, 0.3) is 0 Å². The Bertz CT molecular complexity index is 1150. The van der Waals surface area contributed by atoms with E-state index in [1.165, 1.54) is 58.3 Å². The lowest BCUT2D eigenvalue weighted by atomic mass is 9.83. The summed E-state index contributed by atoms with van der Waals surface area (Å²) in [5, 5.41) is 11.1. The Morgan fingerprint density at radius 3 is 2.07 bits per heavy atom. The minimum atomic E-state index is -0.357. The van der Waals surface area contributed by atoms with E-state index in [0.717, 1.165) is 65.0 Å². The second-order valence-corrected chi connectivity index (χ2v) is 13.6. The standard InChI is InChI=1S/C37H56O5/c1-25(2)12-9-13-26(3)14-10-15-27(4)16-11-22-37(8)23-21-33-34(35(39)28(5)29(6)36(33)42-37)24-40-31-17-19-32(20-18-31)41-30(7)38/h17-20,25-27,39H,9-16,21-24H2,1-8H3. The fourth-order valence-corrected chi connectivity index (χ4v) is 6.23. The maximum absolute atomic E-state index is 11.2. The van der Waals surface area contributed by atoms with E-state index in [2.05, 4.69) is 34.6 Å². The Morgan fingerprint density at radius 1 is 0.905 bits per heavy atom. The highest BCUT2D eigenvalue weighted by Crippen LogP contribution is 2.45. The highest BCUT2D eigenvalue weighted by molar-refractivity contribution is 5.69. The van der Waals surface area contributed by atoms with Gasteiger partial charge in [-0.15, -0.1) is 0 Å². The van der Waals surface area contributed by atoms with Crippen molar-refractivity contribution in [2.45, 2.75) is 138 Å². The molecule has 0 spiro atoms. The van der Waals surface area contributed by atoms with Crippen LogP contribution in [0.2, 0.25) is 0 Å². The predicted molar refractivity (Wildman–Crippen MR) is 172 cm³/mol. The van der Waals surface area contributed by atoms with Gasteiger partial charge in [-0.3, -0.25) is 4.79 Å². The SMILES string of the molecule is CC(=O)Oc1ccc(OCc2c(O)c(C)c(C)c3c2CCC(C)(CCCC(C)CCCC(C)CCCC(C)C)O3)cc1. The Kier molecular flexibility index (Phi) is 12.6. The number of hydrogen-bond acceptors (Lipinski definition) is 5. The van der Waals surface area contributed by atoms with E-state index in [0.29, 0.717) is 11.5 Å². The molecule has 1 aliphatic rings. The van der Waals surface area contributed by atoms with Crippen molar-refractivity contribution in [3.05, 3.63) is 46.5 Å². The van der Waals surface area contributed by atoms with Crippen molar-refractivity contribution in [2.24, 2.45) is 17.8 Å². The second-order valence-electron chi connectivity index (χ2n) is 13.6. The number of hydrogen-bond donors (Lipinski definition) is 1. The first kappa shape index (κ1) is 33.8. The van der Waals surface area contributed by atoms with Crippen LogP contribution in [0.4, 0.5) is 0 Å². The fraction of sp³-hybridized carbons (Fsp3) is 0.649. The van der Waals surface area contributed by atoms with Gasteiger partial charge in [0.05, 0.1) is 0 Å². The van der Waals surface area contributed by atoms with E-state index < -0.39 is 0 Å². The molecule has 0 aliphatic carbocycles. The second kappa shape index (κ2) is 15.7. The molecule has 0 fully saturated rings. The molecule has 3 atom stereocenters. The van der Waals surface area contributed by atoms with Crippen LogP contribution in [0, 0.1) is 31.6 Å². The monoisotopic (exact) mass is 580 g/mol. The van der Waals surface area contributed by atoms with Gasteiger partial charge in [0.15, 0.2) is 0 Å². The molecule has 2 aromatic rings. The van der Waals surface area contributed by atoms with Gasteiger partial charge >= 0.3 is 5.97 Å². The third-order valence-electron chi connectivity index (χ3n) is 9.18. The minimum absolute atomic E-state index is 0.198. The Balaban J connectivity index is 1.53. The van der Waals surface area contributed by atoms with Crippen molar-refractivity contribution in [3.8, 4) is 23.0 Å². The van der Waals surface area contributed by atoms with Crippen LogP contribution in [0.3, 0.4) is 0 Å². The number of aromatic hydroxyl groups is 1. The maximum atomic E-state index is 11.2. The summed E-state index contributed by atoms with van der Waals surface area (Å²) >= 11 is 0. The smallest absolute Gasteiger partial charge is 0.308 e. The topological polar surface area (TPSA) is 65.0 Å². The molecule has 1 aliphatic heterocycles. The van der Waals surface area contributed by atoms with Crippen molar-refractivity contribution in [3.63, 3.8) is 0 Å². The quantitative estimate of drug-likeness (QED) is 0.158. The average Bonchev–Trinajstić information content (AvgIpc) is 2.92. The van der Waals surface area contributed by atoms with Crippen LogP contribution in [-0.2, 0) is 17.8 Å². The molecule has 0 bridgehead atoms. The molecule has 1 N–H and O–H groups in total. The zero-order valence-corrected chi connectivity index (χ0v) is 27.6. The van der Waals surface area contributed by atoms with Gasteiger partial charge in [0.25, 0.3) is 0 Å². The number of phenols is 1. The first-order valence-electron chi connectivity index (χ1n) is 16.3. The molecule has 5 heteroatoms. The highest BCUT2D eigenvalue weighted by atomic mass is 16.5. The lowest BCUT2D eigenvalue weighted by Gasteiger charge is -2.38. The number of rotatable bonds is 16. The molecule has 0 radical (unpaired) electrons. The summed E-state index contributed by atoms with van der Waals surface area (Å²) in [4.78, 5) is 11.2. The van der Waals surface area contributed by atoms with Gasteiger partial charge < -0.3 is 19.3 Å². The average molecular weight is 581 g/mol. The predicted octanol–water partition coefficient (Wildman–Crippen LogP) is 10.0. The zero-order valence-electron chi connectivity index (χ0n) is 27.6. The number of esters is 1. The molecule has 0 aromatic heterocycles. The van der Waals surface area contributed by atoms with E-state index in [9.17, 15) is 9.90 Å². The van der Waals surface area contributed by atoms with Crippen LogP contribution in [0.15, 0.2) is 24.3 Å². The molecule has 3 unspecified atom stereocenters. The largest absolute Gasteiger partial charge is 0.507 e. The molecular weight excluding hydrogens is 524 g/mol. The molecule has 234 valence electrons. The molecule has 0 saturated carbocycles. The maximum Gasteiger partial charge on any atom is 0.308 e. The number of benzene rings is 2. The van der Waals surface area contributed by atoms with Crippen molar-refractivity contribution >= 4 is 5.97 Å². The van der Waals surface area contributed by atoms with Crippen LogP contribution in [0.5, 0.6) is 23.0 Å². The van der Waals surface area contributed by atoms with E-state index >= 15 is 0 Å². The number of ether oxygens (including phenoxy) is 3. The van der Waals surface area contributed by atoms with Crippen molar-refractivity contribution in [2.75, 3.05) is 0 Å². The van der Waals surface area contributed by atoms with E-state index in [1.807, 2.05) is 13.8 Å². The normalized spacial score (nSPS) is 17.8. The number of fused-ring (bicyclic) bond motifs is 1. The van der Waals surface area contributed by atoms with Gasteiger partial charge in [0.1, 0.15) is 35.2 Å². The number of carbonyl (C=O) groups is 1. The Hall–Kier alpha value is -2.69. The summed E-state index contributed by atoms with van der Waals surface area (Å²) in [6.07, 6.45) is 13.4. The summed E-state index contributed by atoms with van der Waals surface area (Å²) in [7, 11) is 0. The zero-order chi connectivity index (χ0) is 30.9. The lowest BCUT2D eigenvalue weighted by Crippen LogP contribution is -2.37.